The first-order chi connectivity index (χ1) is 15.1. The molecule has 162 valence electrons. The van der Waals surface area contributed by atoms with Crippen molar-refractivity contribution in [3.8, 4) is 5.75 Å². The van der Waals surface area contributed by atoms with Gasteiger partial charge in [-0.25, -0.2) is 4.98 Å². The number of carbonyl (C=O) groups excluding carboxylic acids is 2. The van der Waals surface area contributed by atoms with Crippen LogP contribution in [0, 0.1) is 11.8 Å². The smallest absolute Gasteiger partial charge is 0.257 e. The van der Waals surface area contributed by atoms with Gasteiger partial charge < -0.3 is 19.9 Å². The van der Waals surface area contributed by atoms with Crippen LogP contribution in [0.3, 0.4) is 0 Å². The second-order valence-electron chi connectivity index (χ2n) is 8.86. The van der Waals surface area contributed by atoms with Crippen LogP contribution in [0.1, 0.15) is 36.0 Å². The van der Waals surface area contributed by atoms with Gasteiger partial charge in [0.05, 0.1) is 12.7 Å². The lowest BCUT2D eigenvalue weighted by Gasteiger charge is -2.52. The number of piperidine rings is 3. The van der Waals surface area contributed by atoms with Crippen molar-refractivity contribution < 1.29 is 14.3 Å². The number of carbonyl (C=O) groups is 2. The van der Waals surface area contributed by atoms with E-state index >= 15 is 0 Å². The van der Waals surface area contributed by atoms with Crippen LogP contribution >= 0.6 is 0 Å². The highest BCUT2D eigenvalue weighted by atomic mass is 16.5. The van der Waals surface area contributed by atoms with Crippen molar-refractivity contribution in [2.24, 2.45) is 11.8 Å². The summed E-state index contributed by atoms with van der Waals surface area (Å²) in [5.74, 6) is 2.75. The molecule has 1 aromatic carbocycles. The summed E-state index contributed by atoms with van der Waals surface area (Å²) in [7, 11) is 1.60. The summed E-state index contributed by atoms with van der Waals surface area (Å²) < 4.78 is 5.20. The second-order valence-corrected chi connectivity index (χ2v) is 8.86. The summed E-state index contributed by atoms with van der Waals surface area (Å²) in [5, 5.41) is 2.89. The number of anilines is 2. The van der Waals surface area contributed by atoms with Crippen LogP contribution in [0.15, 0.2) is 42.6 Å². The lowest BCUT2D eigenvalue weighted by Crippen LogP contribution is -2.60. The Balaban J connectivity index is 1.26. The zero-order valence-electron chi connectivity index (χ0n) is 17.8. The SMILES string of the molecule is COc1cccc(NC(=O)c2ccc(N3CC4CC(C3)[C@H]3CCCC(=O)N3C4)nc2)c1. The molecule has 3 aliphatic rings. The van der Waals surface area contributed by atoms with E-state index in [1.807, 2.05) is 30.3 Å². The summed E-state index contributed by atoms with van der Waals surface area (Å²) in [6.07, 6.45) is 5.68. The van der Waals surface area contributed by atoms with Crippen LogP contribution < -0.4 is 15.0 Å². The molecule has 7 nitrogen and oxygen atoms in total. The maximum atomic E-state index is 12.6. The van der Waals surface area contributed by atoms with Crippen LogP contribution in [-0.4, -0.2) is 54.5 Å². The minimum Gasteiger partial charge on any atom is -0.497 e. The predicted molar refractivity (Wildman–Crippen MR) is 118 cm³/mol. The molecule has 5 rings (SSSR count). The number of pyridine rings is 1. The Morgan fingerprint density at radius 3 is 2.90 bits per heavy atom. The van der Waals surface area contributed by atoms with Gasteiger partial charge in [-0.2, -0.15) is 0 Å². The van der Waals surface area contributed by atoms with E-state index in [0.717, 1.165) is 38.3 Å². The van der Waals surface area contributed by atoms with E-state index in [1.54, 1.807) is 19.4 Å². The summed E-state index contributed by atoms with van der Waals surface area (Å²) >= 11 is 0. The monoisotopic (exact) mass is 420 g/mol. The minimum absolute atomic E-state index is 0.195. The van der Waals surface area contributed by atoms with Gasteiger partial charge in [0.1, 0.15) is 11.6 Å². The number of nitrogens with one attached hydrogen (secondary N) is 1. The first-order valence-electron chi connectivity index (χ1n) is 11.1. The number of amides is 2. The highest BCUT2D eigenvalue weighted by Crippen LogP contribution is 2.38. The molecule has 3 aliphatic heterocycles. The van der Waals surface area contributed by atoms with Crippen LogP contribution in [0.5, 0.6) is 5.75 Å². The molecular weight excluding hydrogens is 392 g/mol. The zero-order valence-corrected chi connectivity index (χ0v) is 17.8. The third kappa shape index (κ3) is 3.96. The highest BCUT2D eigenvalue weighted by molar-refractivity contribution is 6.04. The second kappa shape index (κ2) is 8.21. The number of ether oxygens (including phenoxy) is 1. The maximum absolute atomic E-state index is 12.6. The summed E-state index contributed by atoms with van der Waals surface area (Å²) in [4.78, 5) is 34.0. The molecule has 2 amide bonds. The fourth-order valence-corrected chi connectivity index (χ4v) is 5.41. The third-order valence-corrected chi connectivity index (χ3v) is 6.84. The lowest BCUT2D eigenvalue weighted by molar-refractivity contribution is -0.142. The Bertz CT molecular complexity index is 977. The molecule has 0 aliphatic carbocycles. The fourth-order valence-electron chi connectivity index (χ4n) is 5.41. The van der Waals surface area contributed by atoms with Crippen LogP contribution in [0.25, 0.3) is 0 Å². The van der Waals surface area contributed by atoms with Gasteiger partial charge in [-0.05, 0) is 55.4 Å². The van der Waals surface area contributed by atoms with Crippen molar-refractivity contribution in [1.29, 1.82) is 0 Å². The number of fused-ring (bicyclic) bond motifs is 4. The largest absolute Gasteiger partial charge is 0.497 e. The van der Waals surface area contributed by atoms with Gasteiger partial charge in [0.15, 0.2) is 0 Å². The maximum Gasteiger partial charge on any atom is 0.257 e. The number of rotatable bonds is 4. The summed E-state index contributed by atoms with van der Waals surface area (Å²) in [6.45, 7) is 2.71. The van der Waals surface area contributed by atoms with Crippen molar-refractivity contribution in [3.05, 3.63) is 48.2 Å². The minimum atomic E-state index is -0.195. The average Bonchev–Trinajstić information content (AvgIpc) is 2.80. The van der Waals surface area contributed by atoms with Crippen LogP contribution in [-0.2, 0) is 4.79 Å². The van der Waals surface area contributed by atoms with Crippen molar-refractivity contribution in [2.45, 2.75) is 31.7 Å². The number of benzene rings is 1. The standard InChI is InChI=1S/C24H28N4O3/c1-31-20-5-2-4-19(11-20)26-24(30)17-8-9-22(25-12-17)27-13-16-10-18(15-27)21-6-3-7-23(29)28(21)14-16/h2,4-5,8-9,11-12,16,18,21H,3,6-7,10,13-15H2,1H3,(H,26,30)/t16?,18?,21-/m1/s1. The Morgan fingerprint density at radius 1 is 1.19 bits per heavy atom. The van der Waals surface area contributed by atoms with E-state index in [-0.39, 0.29) is 5.91 Å². The number of hydrogen-bond donors (Lipinski definition) is 1. The average molecular weight is 421 g/mol. The first-order valence-corrected chi connectivity index (χ1v) is 11.1. The van der Waals surface area contributed by atoms with Crippen LogP contribution in [0.4, 0.5) is 11.5 Å². The molecule has 3 atom stereocenters. The molecule has 3 fully saturated rings. The number of hydrogen-bond acceptors (Lipinski definition) is 5. The first kappa shape index (κ1) is 19.8. The summed E-state index contributed by atoms with van der Waals surface area (Å²) in [5.41, 5.74) is 1.21. The molecule has 1 N–H and O–H groups in total. The van der Waals surface area contributed by atoms with E-state index < -0.39 is 0 Å². The van der Waals surface area contributed by atoms with Gasteiger partial charge in [-0.3, -0.25) is 9.59 Å². The van der Waals surface area contributed by atoms with Gasteiger partial charge in [-0.15, -0.1) is 0 Å². The van der Waals surface area contributed by atoms with Crippen molar-refractivity contribution in [2.75, 3.05) is 37.0 Å². The Labute approximate surface area is 182 Å². The normalized spacial score (nSPS) is 25.1. The molecule has 2 unspecified atom stereocenters. The molecule has 1 aromatic heterocycles. The molecule has 0 radical (unpaired) electrons. The quantitative estimate of drug-likeness (QED) is 0.822. The fraction of sp³-hybridized carbons (Fsp3) is 0.458. The van der Waals surface area contributed by atoms with Crippen molar-refractivity contribution in [1.82, 2.24) is 9.88 Å². The molecule has 0 spiro atoms. The molecule has 31 heavy (non-hydrogen) atoms. The van der Waals surface area contributed by atoms with Gasteiger partial charge in [0.25, 0.3) is 5.91 Å². The molecule has 7 heteroatoms. The van der Waals surface area contributed by atoms with Crippen LogP contribution in [0.2, 0.25) is 0 Å². The Hall–Kier alpha value is -3.09. The predicted octanol–water partition coefficient (Wildman–Crippen LogP) is 3.18. The van der Waals surface area contributed by atoms with E-state index in [2.05, 4.69) is 20.1 Å². The molecule has 4 heterocycles. The van der Waals surface area contributed by atoms with E-state index in [4.69, 9.17) is 4.74 Å². The number of nitrogens with zero attached hydrogens (tertiary/aromatic N) is 3. The zero-order chi connectivity index (χ0) is 21.4. The number of methoxy groups -OCH3 is 1. The molecule has 2 bridgehead atoms. The Morgan fingerprint density at radius 2 is 2.10 bits per heavy atom. The van der Waals surface area contributed by atoms with E-state index in [9.17, 15) is 9.59 Å². The van der Waals surface area contributed by atoms with E-state index in [1.165, 1.54) is 6.42 Å². The highest BCUT2D eigenvalue weighted by Gasteiger charge is 2.44. The van der Waals surface area contributed by atoms with Gasteiger partial charge >= 0.3 is 0 Å². The lowest BCUT2D eigenvalue weighted by atomic mass is 9.76. The molecular formula is C24H28N4O3. The Kier molecular flexibility index (Phi) is 5.26. The van der Waals surface area contributed by atoms with Gasteiger partial charge in [0, 0.05) is 50.0 Å². The molecule has 3 saturated heterocycles. The summed E-state index contributed by atoms with van der Waals surface area (Å²) in [6, 6.07) is 11.4. The third-order valence-electron chi connectivity index (χ3n) is 6.84. The molecule has 2 aromatic rings. The van der Waals surface area contributed by atoms with Gasteiger partial charge in [0.2, 0.25) is 5.91 Å². The van der Waals surface area contributed by atoms with E-state index in [0.29, 0.717) is 47.2 Å². The van der Waals surface area contributed by atoms with Crippen molar-refractivity contribution >= 4 is 23.3 Å². The number of aromatic nitrogens is 1. The topological polar surface area (TPSA) is 74.8 Å². The van der Waals surface area contributed by atoms with Gasteiger partial charge in [-0.1, -0.05) is 6.07 Å². The van der Waals surface area contributed by atoms with Crippen molar-refractivity contribution in [3.63, 3.8) is 0 Å². The molecule has 0 saturated carbocycles.